The number of piperazine rings is 1. The molecular formula is C16H26N4O. The summed E-state index contributed by atoms with van der Waals surface area (Å²) < 4.78 is 0. The van der Waals surface area contributed by atoms with Crippen LogP contribution in [0.15, 0.2) is 24.3 Å². The van der Waals surface area contributed by atoms with Gasteiger partial charge < -0.3 is 16.0 Å². The van der Waals surface area contributed by atoms with Gasteiger partial charge in [-0.3, -0.25) is 9.69 Å². The predicted octanol–water partition coefficient (Wildman–Crippen LogP) is 0.580. The molecule has 5 heteroatoms. The number of nitrogens with one attached hydrogen (secondary N) is 1. The number of nitrogens with zero attached hydrogens (tertiary/aromatic N) is 2. The van der Waals surface area contributed by atoms with Crippen LogP contribution in [0.3, 0.4) is 0 Å². The third kappa shape index (κ3) is 3.74. The molecule has 5 nitrogen and oxygen atoms in total. The molecule has 2 rings (SSSR count). The van der Waals surface area contributed by atoms with E-state index in [0.717, 1.165) is 26.2 Å². The Morgan fingerprint density at radius 3 is 2.52 bits per heavy atom. The molecule has 0 aromatic heterocycles. The predicted molar refractivity (Wildman–Crippen MR) is 86.5 cm³/mol. The highest BCUT2D eigenvalue weighted by molar-refractivity contribution is 5.84. The minimum absolute atomic E-state index is 0.300. The van der Waals surface area contributed by atoms with Gasteiger partial charge in [-0.25, -0.2) is 0 Å². The average molecular weight is 290 g/mol. The maximum atomic E-state index is 11.6. The van der Waals surface area contributed by atoms with Crippen LogP contribution in [-0.4, -0.2) is 56.1 Å². The minimum atomic E-state index is -0.661. The Hall–Kier alpha value is -1.59. The largest absolute Gasteiger partial charge is 0.369 e. The molecule has 1 saturated heterocycles. The standard InChI is InChI=1S/C16H26N4O/c1-13-5-4-6-14(11-13)20-9-7-19(8-10-20)12-16(2,18-3)15(17)21/h4-6,11,18H,7-10,12H2,1-3H3,(H2,17,21). The molecule has 1 aromatic rings. The lowest BCUT2D eigenvalue weighted by molar-refractivity contribution is -0.124. The lowest BCUT2D eigenvalue weighted by Crippen LogP contribution is -2.60. The zero-order valence-corrected chi connectivity index (χ0v) is 13.2. The van der Waals surface area contributed by atoms with Gasteiger partial charge in [0, 0.05) is 38.4 Å². The molecular weight excluding hydrogens is 264 g/mol. The molecule has 1 fully saturated rings. The van der Waals surface area contributed by atoms with Gasteiger partial charge in [-0.1, -0.05) is 12.1 Å². The lowest BCUT2D eigenvalue weighted by atomic mass is 10.0. The number of carbonyl (C=O) groups is 1. The van der Waals surface area contributed by atoms with Crippen molar-refractivity contribution in [3.8, 4) is 0 Å². The number of aryl methyl sites for hydroxylation is 1. The second-order valence-electron chi connectivity index (χ2n) is 6.05. The molecule has 1 aliphatic rings. The first-order chi connectivity index (χ1) is 9.94. The van der Waals surface area contributed by atoms with Gasteiger partial charge in [0.25, 0.3) is 0 Å². The van der Waals surface area contributed by atoms with Crippen molar-refractivity contribution >= 4 is 11.6 Å². The zero-order valence-electron chi connectivity index (χ0n) is 13.2. The summed E-state index contributed by atoms with van der Waals surface area (Å²) in [7, 11) is 1.79. The second kappa shape index (κ2) is 6.45. The Morgan fingerprint density at radius 2 is 2.00 bits per heavy atom. The van der Waals surface area contributed by atoms with Crippen molar-refractivity contribution < 1.29 is 4.79 Å². The maximum Gasteiger partial charge on any atom is 0.238 e. The first-order valence-electron chi connectivity index (χ1n) is 7.47. The van der Waals surface area contributed by atoms with Crippen molar-refractivity contribution in [1.82, 2.24) is 10.2 Å². The number of hydrogen-bond donors (Lipinski definition) is 2. The summed E-state index contributed by atoms with van der Waals surface area (Å²) in [5.41, 5.74) is 7.40. The van der Waals surface area contributed by atoms with Crippen LogP contribution in [0.5, 0.6) is 0 Å². The van der Waals surface area contributed by atoms with Crippen LogP contribution in [0.25, 0.3) is 0 Å². The number of primary amides is 1. The van der Waals surface area contributed by atoms with Crippen LogP contribution in [-0.2, 0) is 4.79 Å². The quantitative estimate of drug-likeness (QED) is 0.833. The van der Waals surface area contributed by atoms with Gasteiger partial charge in [-0.15, -0.1) is 0 Å². The molecule has 1 aliphatic heterocycles. The van der Waals surface area contributed by atoms with E-state index in [2.05, 4.69) is 46.3 Å². The summed E-state index contributed by atoms with van der Waals surface area (Å²) in [5.74, 6) is -0.300. The van der Waals surface area contributed by atoms with Crippen molar-refractivity contribution in [3.63, 3.8) is 0 Å². The summed E-state index contributed by atoms with van der Waals surface area (Å²) in [6.45, 7) is 8.47. The van der Waals surface area contributed by atoms with Gasteiger partial charge in [0.1, 0.15) is 5.54 Å². The maximum absolute atomic E-state index is 11.6. The molecule has 0 saturated carbocycles. The molecule has 0 bridgehead atoms. The number of rotatable bonds is 5. The van der Waals surface area contributed by atoms with Gasteiger partial charge in [0.15, 0.2) is 0 Å². The van der Waals surface area contributed by atoms with E-state index >= 15 is 0 Å². The smallest absolute Gasteiger partial charge is 0.238 e. The van der Waals surface area contributed by atoms with Crippen molar-refractivity contribution in [2.75, 3.05) is 44.7 Å². The summed E-state index contributed by atoms with van der Waals surface area (Å²) in [4.78, 5) is 16.3. The molecule has 1 unspecified atom stereocenters. The number of likely N-dealkylation sites (N-methyl/N-ethyl adjacent to an activating group) is 1. The van der Waals surface area contributed by atoms with E-state index in [0.29, 0.717) is 6.54 Å². The fourth-order valence-corrected chi connectivity index (χ4v) is 2.72. The fourth-order valence-electron chi connectivity index (χ4n) is 2.72. The number of benzene rings is 1. The van der Waals surface area contributed by atoms with Gasteiger partial charge in [-0.05, 0) is 38.6 Å². The molecule has 1 aromatic carbocycles. The summed E-state index contributed by atoms with van der Waals surface area (Å²) in [6.07, 6.45) is 0. The number of nitrogens with two attached hydrogens (primary N) is 1. The van der Waals surface area contributed by atoms with E-state index in [9.17, 15) is 4.79 Å². The topological polar surface area (TPSA) is 61.6 Å². The number of hydrogen-bond acceptors (Lipinski definition) is 4. The Kier molecular flexibility index (Phi) is 4.85. The molecule has 0 radical (unpaired) electrons. The van der Waals surface area contributed by atoms with Gasteiger partial charge in [0.05, 0.1) is 0 Å². The second-order valence-corrected chi connectivity index (χ2v) is 6.05. The van der Waals surface area contributed by atoms with Crippen LogP contribution in [0.2, 0.25) is 0 Å². The van der Waals surface area contributed by atoms with Crippen LogP contribution in [0.1, 0.15) is 12.5 Å². The SMILES string of the molecule is CNC(C)(CN1CCN(c2cccc(C)c2)CC1)C(N)=O. The normalized spacial score (nSPS) is 19.3. The van der Waals surface area contributed by atoms with Crippen molar-refractivity contribution in [2.24, 2.45) is 5.73 Å². The molecule has 0 aliphatic carbocycles. The summed E-state index contributed by atoms with van der Waals surface area (Å²) in [6, 6.07) is 8.59. The molecule has 0 spiro atoms. The minimum Gasteiger partial charge on any atom is -0.369 e. The fraction of sp³-hybridized carbons (Fsp3) is 0.562. The van der Waals surface area contributed by atoms with E-state index in [4.69, 9.17) is 5.73 Å². The third-order valence-electron chi connectivity index (χ3n) is 4.37. The number of carbonyl (C=O) groups excluding carboxylic acids is 1. The van der Waals surface area contributed by atoms with Crippen molar-refractivity contribution in [1.29, 1.82) is 0 Å². The molecule has 1 atom stereocenters. The van der Waals surface area contributed by atoms with E-state index < -0.39 is 5.54 Å². The van der Waals surface area contributed by atoms with E-state index in [1.165, 1.54) is 11.3 Å². The first-order valence-corrected chi connectivity index (χ1v) is 7.47. The van der Waals surface area contributed by atoms with E-state index in [1.807, 2.05) is 6.92 Å². The highest BCUT2D eigenvalue weighted by Crippen LogP contribution is 2.18. The monoisotopic (exact) mass is 290 g/mol. The Bertz CT molecular complexity index is 497. The van der Waals surface area contributed by atoms with Crippen LogP contribution in [0, 0.1) is 6.92 Å². The number of amides is 1. The van der Waals surface area contributed by atoms with E-state index in [-0.39, 0.29) is 5.91 Å². The van der Waals surface area contributed by atoms with Crippen LogP contribution >= 0.6 is 0 Å². The molecule has 3 N–H and O–H groups in total. The van der Waals surface area contributed by atoms with Gasteiger partial charge >= 0.3 is 0 Å². The van der Waals surface area contributed by atoms with E-state index in [1.54, 1.807) is 7.05 Å². The lowest BCUT2D eigenvalue weighted by Gasteiger charge is -2.39. The van der Waals surface area contributed by atoms with Crippen molar-refractivity contribution in [3.05, 3.63) is 29.8 Å². The Balaban J connectivity index is 1.93. The Morgan fingerprint density at radius 1 is 1.33 bits per heavy atom. The molecule has 1 heterocycles. The average Bonchev–Trinajstić information content (AvgIpc) is 2.47. The highest BCUT2D eigenvalue weighted by atomic mass is 16.1. The third-order valence-corrected chi connectivity index (χ3v) is 4.37. The molecule has 1 amide bonds. The van der Waals surface area contributed by atoms with Gasteiger partial charge in [-0.2, -0.15) is 0 Å². The van der Waals surface area contributed by atoms with Gasteiger partial charge in [0.2, 0.25) is 5.91 Å². The highest BCUT2D eigenvalue weighted by Gasteiger charge is 2.32. The van der Waals surface area contributed by atoms with Crippen LogP contribution in [0.4, 0.5) is 5.69 Å². The van der Waals surface area contributed by atoms with Crippen LogP contribution < -0.4 is 16.0 Å². The zero-order chi connectivity index (χ0) is 15.5. The first kappa shape index (κ1) is 15.8. The Labute approximate surface area is 127 Å². The summed E-state index contributed by atoms with van der Waals surface area (Å²) >= 11 is 0. The number of anilines is 1. The molecule has 116 valence electrons. The van der Waals surface area contributed by atoms with Crippen molar-refractivity contribution in [2.45, 2.75) is 19.4 Å². The summed E-state index contributed by atoms with van der Waals surface area (Å²) in [5, 5.41) is 3.05. The molecule has 21 heavy (non-hydrogen) atoms.